The van der Waals surface area contributed by atoms with Crippen LogP contribution in [0, 0.1) is 5.92 Å². The summed E-state index contributed by atoms with van der Waals surface area (Å²) in [6.07, 6.45) is 6.45. The third-order valence-electron chi connectivity index (χ3n) is 4.43. The molecular weight excluding hydrogens is 252 g/mol. The second-order valence-corrected chi connectivity index (χ2v) is 7.37. The van der Waals surface area contributed by atoms with Gasteiger partial charge in [-0.25, -0.2) is 4.79 Å². The van der Waals surface area contributed by atoms with Crippen molar-refractivity contribution in [3.8, 4) is 0 Å². The van der Waals surface area contributed by atoms with Crippen molar-refractivity contribution in [1.29, 1.82) is 0 Å². The Kier molecular flexibility index (Phi) is 4.95. The molecule has 0 aromatic rings. The number of amides is 1. The molecule has 0 atom stereocenters. The fourth-order valence-electron chi connectivity index (χ4n) is 3.13. The number of ether oxygens (including phenoxy) is 1. The number of carbonyl (C=O) groups is 1. The minimum Gasteiger partial charge on any atom is -0.444 e. The quantitative estimate of drug-likeness (QED) is 0.864. The van der Waals surface area contributed by atoms with Crippen molar-refractivity contribution in [2.75, 3.05) is 13.1 Å². The molecule has 0 spiro atoms. The van der Waals surface area contributed by atoms with Gasteiger partial charge < -0.3 is 15.0 Å². The highest BCUT2D eigenvalue weighted by Crippen LogP contribution is 2.27. The van der Waals surface area contributed by atoms with E-state index in [1.165, 1.54) is 32.1 Å². The van der Waals surface area contributed by atoms with E-state index in [1.54, 1.807) is 4.90 Å². The van der Waals surface area contributed by atoms with E-state index in [-0.39, 0.29) is 6.09 Å². The first kappa shape index (κ1) is 15.6. The maximum atomic E-state index is 11.8. The van der Waals surface area contributed by atoms with E-state index in [4.69, 9.17) is 4.74 Å². The molecule has 0 radical (unpaired) electrons. The first-order chi connectivity index (χ1) is 9.37. The number of carbonyl (C=O) groups excluding carboxylic acids is 1. The largest absolute Gasteiger partial charge is 0.444 e. The molecule has 1 saturated carbocycles. The Hall–Kier alpha value is -0.770. The van der Waals surface area contributed by atoms with Gasteiger partial charge in [-0.2, -0.15) is 0 Å². The summed E-state index contributed by atoms with van der Waals surface area (Å²) in [5.41, 5.74) is -0.395. The van der Waals surface area contributed by atoms with Gasteiger partial charge in [-0.3, -0.25) is 0 Å². The van der Waals surface area contributed by atoms with E-state index in [1.807, 2.05) is 20.8 Å². The van der Waals surface area contributed by atoms with E-state index in [0.29, 0.717) is 12.1 Å². The van der Waals surface area contributed by atoms with Gasteiger partial charge in [0.15, 0.2) is 0 Å². The minimum absolute atomic E-state index is 0.176. The van der Waals surface area contributed by atoms with Crippen LogP contribution in [0.5, 0.6) is 0 Å². The molecule has 4 heteroatoms. The molecule has 0 bridgehead atoms. The van der Waals surface area contributed by atoms with E-state index in [0.717, 1.165) is 19.0 Å². The van der Waals surface area contributed by atoms with Crippen molar-refractivity contribution in [3.05, 3.63) is 0 Å². The summed E-state index contributed by atoms with van der Waals surface area (Å²) in [6, 6.07) is 1.12. The Bertz CT molecular complexity index is 324. The number of rotatable bonds is 3. The Morgan fingerprint density at radius 1 is 1.15 bits per heavy atom. The van der Waals surface area contributed by atoms with Crippen molar-refractivity contribution in [2.45, 2.75) is 77.5 Å². The highest BCUT2D eigenvalue weighted by Gasteiger charge is 2.35. The van der Waals surface area contributed by atoms with Crippen LogP contribution in [0.25, 0.3) is 0 Å². The van der Waals surface area contributed by atoms with Crippen LogP contribution in [-0.2, 0) is 4.74 Å². The molecule has 2 rings (SSSR count). The zero-order chi connectivity index (χ0) is 14.8. The van der Waals surface area contributed by atoms with Crippen LogP contribution in [0.4, 0.5) is 4.79 Å². The zero-order valence-corrected chi connectivity index (χ0v) is 13.4. The molecule has 0 aromatic carbocycles. The van der Waals surface area contributed by atoms with Crippen molar-refractivity contribution < 1.29 is 9.53 Å². The molecule has 1 aliphatic heterocycles. The number of nitrogens with one attached hydrogen (secondary N) is 1. The highest BCUT2D eigenvalue weighted by molar-refractivity contribution is 5.69. The third-order valence-corrected chi connectivity index (χ3v) is 4.43. The van der Waals surface area contributed by atoms with Crippen LogP contribution in [0.15, 0.2) is 0 Å². The summed E-state index contributed by atoms with van der Waals surface area (Å²) in [7, 11) is 0. The van der Waals surface area contributed by atoms with E-state index in [9.17, 15) is 4.79 Å². The molecule has 1 N–H and O–H groups in total. The average molecular weight is 282 g/mol. The first-order valence-corrected chi connectivity index (χ1v) is 8.11. The van der Waals surface area contributed by atoms with Gasteiger partial charge in [-0.15, -0.1) is 0 Å². The van der Waals surface area contributed by atoms with E-state index < -0.39 is 5.60 Å². The van der Waals surface area contributed by atoms with E-state index in [2.05, 4.69) is 12.2 Å². The van der Waals surface area contributed by atoms with Crippen molar-refractivity contribution in [3.63, 3.8) is 0 Å². The molecular formula is C16H30N2O2. The second-order valence-electron chi connectivity index (χ2n) is 7.37. The summed E-state index contributed by atoms with van der Waals surface area (Å²) < 4.78 is 5.37. The van der Waals surface area contributed by atoms with Gasteiger partial charge >= 0.3 is 6.09 Å². The molecule has 1 aliphatic carbocycles. The summed E-state index contributed by atoms with van der Waals surface area (Å²) in [5.74, 6) is 0.938. The maximum absolute atomic E-state index is 11.8. The molecule has 1 amide bonds. The first-order valence-electron chi connectivity index (χ1n) is 8.11. The van der Waals surface area contributed by atoms with E-state index >= 15 is 0 Å². The fraction of sp³-hybridized carbons (Fsp3) is 0.938. The lowest BCUT2D eigenvalue weighted by molar-refractivity contribution is 0.00343. The maximum Gasteiger partial charge on any atom is 0.410 e. The van der Waals surface area contributed by atoms with Crippen LogP contribution >= 0.6 is 0 Å². The van der Waals surface area contributed by atoms with Gasteiger partial charge in [0, 0.05) is 25.2 Å². The summed E-state index contributed by atoms with van der Waals surface area (Å²) in [6.45, 7) is 9.61. The second kappa shape index (κ2) is 6.33. The molecule has 1 saturated heterocycles. The third kappa shape index (κ3) is 4.37. The monoisotopic (exact) mass is 282 g/mol. The Balaban J connectivity index is 1.63. The van der Waals surface area contributed by atoms with Crippen LogP contribution in [0.3, 0.4) is 0 Å². The smallest absolute Gasteiger partial charge is 0.410 e. The number of hydrogen-bond acceptors (Lipinski definition) is 3. The molecule has 20 heavy (non-hydrogen) atoms. The van der Waals surface area contributed by atoms with Crippen molar-refractivity contribution >= 4 is 6.09 Å². The van der Waals surface area contributed by atoms with Gasteiger partial charge in [0.1, 0.15) is 5.60 Å². The van der Waals surface area contributed by atoms with Crippen molar-refractivity contribution in [1.82, 2.24) is 10.2 Å². The average Bonchev–Trinajstić information content (AvgIpc) is 2.31. The van der Waals surface area contributed by atoms with Gasteiger partial charge in [0.25, 0.3) is 0 Å². The topological polar surface area (TPSA) is 41.6 Å². The Morgan fingerprint density at radius 2 is 1.75 bits per heavy atom. The van der Waals surface area contributed by atoms with Gasteiger partial charge in [-0.05, 0) is 52.4 Å². The number of hydrogen-bond donors (Lipinski definition) is 1. The molecule has 116 valence electrons. The summed E-state index contributed by atoms with van der Waals surface area (Å²) in [5, 5.41) is 3.70. The molecule has 4 nitrogen and oxygen atoms in total. The molecule has 2 fully saturated rings. The van der Waals surface area contributed by atoms with Gasteiger partial charge in [-0.1, -0.05) is 13.3 Å². The molecule has 0 aromatic heterocycles. The summed E-state index contributed by atoms with van der Waals surface area (Å²) >= 11 is 0. The zero-order valence-electron chi connectivity index (χ0n) is 13.4. The van der Waals surface area contributed by atoms with Gasteiger partial charge in [0.2, 0.25) is 0 Å². The number of likely N-dealkylation sites (tertiary alicyclic amines) is 1. The number of nitrogens with zero attached hydrogens (tertiary/aromatic N) is 1. The summed E-state index contributed by atoms with van der Waals surface area (Å²) in [4.78, 5) is 13.6. The molecule has 0 unspecified atom stereocenters. The normalized spacial score (nSPS) is 28.1. The predicted molar refractivity (Wildman–Crippen MR) is 80.8 cm³/mol. The fourth-order valence-corrected chi connectivity index (χ4v) is 3.13. The lowest BCUT2D eigenvalue weighted by Gasteiger charge is -2.42. The Labute approximate surface area is 123 Å². The van der Waals surface area contributed by atoms with Gasteiger partial charge in [0.05, 0.1) is 0 Å². The Morgan fingerprint density at radius 3 is 2.25 bits per heavy atom. The SMILES string of the molecule is CCC1CCC(NC2CN(C(=O)OC(C)(C)C)C2)CC1. The van der Waals surface area contributed by atoms with Crippen LogP contribution in [0.1, 0.15) is 59.8 Å². The lowest BCUT2D eigenvalue weighted by Crippen LogP contribution is -2.62. The standard InChI is InChI=1S/C16H30N2O2/c1-5-12-6-8-13(9-7-12)17-14-10-18(11-14)15(19)20-16(2,3)4/h12-14,17H,5-11H2,1-4H3. The van der Waals surface area contributed by atoms with Crippen LogP contribution < -0.4 is 5.32 Å². The predicted octanol–water partition coefficient (Wildman–Crippen LogP) is 3.16. The van der Waals surface area contributed by atoms with Crippen LogP contribution in [0.2, 0.25) is 0 Å². The van der Waals surface area contributed by atoms with Crippen molar-refractivity contribution in [2.24, 2.45) is 5.92 Å². The highest BCUT2D eigenvalue weighted by atomic mass is 16.6. The minimum atomic E-state index is -0.395. The molecule has 2 aliphatic rings. The van der Waals surface area contributed by atoms with Crippen LogP contribution in [-0.4, -0.2) is 41.8 Å². The molecule has 1 heterocycles. The lowest BCUT2D eigenvalue weighted by atomic mass is 9.84.